The number of carbonyl (C=O) groups is 1. The number of fused-ring (bicyclic) bond motifs is 1. The van der Waals surface area contributed by atoms with Gasteiger partial charge in [-0.15, -0.1) is 0 Å². The summed E-state index contributed by atoms with van der Waals surface area (Å²) < 4.78 is 38.4. The number of rotatable bonds is 3. The van der Waals surface area contributed by atoms with Crippen molar-refractivity contribution in [1.82, 2.24) is 9.21 Å². The van der Waals surface area contributed by atoms with Crippen molar-refractivity contribution in [2.45, 2.75) is 11.0 Å². The number of halogens is 2. The van der Waals surface area contributed by atoms with Gasteiger partial charge in [-0.1, -0.05) is 35.3 Å². The van der Waals surface area contributed by atoms with E-state index in [0.29, 0.717) is 11.5 Å². The van der Waals surface area contributed by atoms with Crippen LogP contribution >= 0.6 is 23.2 Å². The van der Waals surface area contributed by atoms with Crippen molar-refractivity contribution in [3.8, 4) is 11.5 Å². The van der Waals surface area contributed by atoms with E-state index in [1.807, 2.05) is 6.07 Å². The van der Waals surface area contributed by atoms with Crippen LogP contribution in [0.5, 0.6) is 11.5 Å². The number of ether oxygens (including phenoxy) is 2. The second kappa shape index (κ2) is 8.02. The Morgan fingerprint density at radius 1 is 0.966 bits per heavy atom. The first kappa shape index (κ1) is 20.3. The SMILES string of the molecule is O=C([C@@H]1COc2ccccc2O1)N1CCN(S(=O)(=O)c2cc(Cl)cc(Cl)c2)CC1. The van der Waals surface area contributed by atoms with Gasteiger partial charge in [0.15, 0.2) is 11.5 Å². The Labute approximate surface area is 178 Å². The molecule has 0 radical (unpaired) electrons. The molecule has 10 heteroatoms. The van der Waals surface area contributed by atoms with Gasteiger partial charge in [0.25, 0.3) is 5.91 Å². The number of carbonyl (C=O) groups excluding carboxylic acids is 1. The lowest BCUT2D eigenvalue weighted by Gasteiger charge is -2.36. The molecule has 4 rings (SSSR count). The van der Waals surface area contributed by atoms with Crippen LogP contribution in [0.2, 0.25) is 10.0 Å². The molecular weight excluding hydrogens is 439 g/mol. The number of amides is 1. The van der Waals surface area contributed by atoms with Crippen LogP contribution in [0.1, 0.15) is 0 Å². The molecule has 7 nitrogen and oxygen atoms in total. The molecule has 0 aromatic heterocycles. The molecule has 0 saturated carbocycles. The molecule has 2 heterocycles. The van der Waals surface area contributed by atoms with Crippen LogP contribution in [0.4, 0.5) is 0 Å². The lowest BCUT2D eigenvalue weighted by atomic mass is 10.2. The molecule has 1 saturated heterocycles. The van der Waals surface area contributed by atoms with Crippen molar-refractivity contribution >= 4 is 39.1 Å². The molecule has 1 fully saturated rings. The summed E-state index contributed by atoms with van der Waals surface area (Å²) in [5.41, 5.74) is 0. The van der Waals surface area contributed by atoms with Crippen molar-refractivity contribution in [1.29, 1.82) is 0 Å². The molecular formula is C19H18Cl2N2O5S. The summed E-state index contributed by atoms with van der Waals surface area (Å²) >= 11 is 11.9. The Morgan fingerprint density at radius 2 is 1.59 bits per heavy atom. The lowest BCUT2D eigenvalue weighted by Crippen LogP contribution is -2.55. The Kier molecular flexibility index (Phi) is 5.61. The monoisotopic (exact) mass is 456 g/mol. The van der Waals surface area contributed by atoms with Gasteiger partial charge in [0.05, 0.1) is 4.90 Å². The summed E-state index contributed by atoms with van der Waals surface area (Å²) in [6, 6.07) is 11.4. The molecule has 2 aromatic carbocycles. The van der Waals surface area contributed by atoms with Crippen molar-refractivity contribution in [3.05, 3.63) is 52.5 Å². The first-order valence-corrected chi connectivity index (χ1v) is 11.2. The third-order valence-corrected chi connectivity index (χ3v) is 7.12. The number of hydrogen-bond donors (Lipinski definition) is 0. The molecule has 154 valence electrons. The number of nitrogens with zero attached hydrogens (tertiary/aromatic N) is 2. The quantitative estimate of drug-likeness (QED) is 0.709. The summed E-state index contributed by atoms with van der Waals surface area (Å²) in [5, 5.41) is 0.499. The highest BCUT2D eigenvalue weighted by Crippen LogP contribution is 2.31. The highest BCUT2D eigenvalue weighted by molar-refractivity contribution is 7.89. The molecule has 0 spiro atoms. The van der Waals surface area contributed by atoms with E-state index in [0.717, 1.165) is 0 Å². The molecule has 0 aliphatic carbocycles. The van der Waals surface area contributed by atoms with E-state index in [1.54, 1.807) is 23.1 Å². The largest absolute Gasteiger partial charge is 0.485 e. The Bertz CT molecular complexity index is 1020. The third kappa shape index (κ3) is 4.16. The summed E-state index contributed by atoms with van der Waals surface area (Å²) in [6.45, 7) is 0.974. The second-order valence-electron chi connectivity index (χ2n) is 6.70. The maximum absolute atomic E-state index is 12.9. The van der Waals surface area contributed by atoms with Gasteiger partial charge >= 0.3 is 0 Å². The predicted octanol–water partition coefficient (Wildman–Crippen LogP) is 2.67. The average molecular weight is 457 g/mol. The zero-order valence-corrected chi connectivity index (χ0v) is 17.6. The van der Waals surface area contributed by atoms with Crippen molar-refractivity contribution in [2.24, 2.45) is 0 Å². The molecule has 1 amide bonds. The minimum atomic E-state index is -3.75. The highest BCUT2D eigenvalue weighted by atomic mass is 35.5. The maximum Gasteiger partial charge on any atom is 0.267 e. The van der Waals surface area contributed by atoms with Crippen molar-refractivity contribution < 1.29 is 22.7 Å². The van der Waals surface area contributed by atoms with Crippen LogP contribution < -0.4 is 9.47 Å². The topological polar surface area (TPSA) is 76.2 Å². The standard InChI is InChI=1S/C19H18Cl2N2O5S/c20-13-9-14(21)11-15(10-13)29(25,26)23-7-5-22(6-8-23)19(24)18-12-27-16-3-1-2-4-17(16)28-18/h1-4,9-11,18H,5-8,12H2/t18-/m0/s1. The highest BCUT2D eigenvalue weighted by Gasteiger charge is 2.35. The summed E-state index contributed by atoms with van der Waals surface area (Å²) in [4.78, 5) is 14.4. The van der Waals surface area contributed by atoms with Crippen LogP contribution in [-0.4, -0.2) is 62.4 Å². The van der Waals surface area contributed by atoms with E-state index in [9.17, 15) is 13.2 Å². The van der Waals surface area contributed by atoms with E-state index in [1.165, 1.54) is 22.5 Å². The van der Waals surface area contributed by atoms with E-state index < -0.39 is 16.1 Å². The first-order chi connectivity index (χ1) is 13.8. The Morgan fingerprint density at radius 3 is 2.24 bits per heavy atom. The zero-order chi connectivity index (χ0) is 20.6. The summed E-state index contributed by atoms with van der Waals surface area (Å²) in [7, 11) is -3.75. The van der Waals surface area contributed by atoms with Crippen LogP contribution in [0, 0.1) is 0 Å². The van der Waals surface area contributed by atoms with Crippen molar-refractivity contribution in [3.63, 3.8) is 0 Å². The number of para-hydroxylation sites is 2. The summed E-state index contributed by atoms with van der Waals surface area (Å²) in [5.74, 6) is 0.908. The van der Waals surface area contributed by atoms with Gasteiger partial charge in [-0.2, -0.15) is 4.31 Å². The van der Waals surface area contributed by atoms with Gasteiger partial charge in [0, 0.05) is 36.2 Å². The van der Waals surface area contributed by atoms with Crippen LogP contribution in [-0.2, 0) is 14.8 Å². The fraction of sp³-hybridized carbons (Fsp3) is 0.316. The molecule has 2 aliphatic heterocycles. The smallest absolute Gasteiger partial charge is 0.267 e. The molecule has 2 aromatic rings. The number of sulfonamides is 1. The predicted molar refractivity (Wildman–Crippen MR) is 108 cm³/mol. The van der Waals surface area contributed by atoms with Gasteiger partial charge in [-0.3, -0.25) is 4.79 Å². The van der Waals surface area contributed by atoms with Gasteiger partial charge < -0.3 is 14.4 Å². The zero-order valence-electron chi connectivity index (χ0n) is 15.3. The Hall–Kier alpha value is -2.00. The summed E-state index contributed by atoms with van der Waals surface area (Å²) in [6.07, 6.45) is -0.750. The van der Waals surface area contributed by atoms with Gasteiger partial charge in [0.2, 0.25) is 16.1 Å². The number of piperazine rings is 1. The normalized spacial score (nSPS) is 19.8. The molecule has 29 heavy (non-hydrogen) atoms. The lowest BCUT2D eigenvalue weighted by molar-refractivity contribution is -0.142. The fourth-order valence-corrected chi connectivity index (χ4v) is 5.47. The van der Waals surface area contributed by atoms with E-state index in [-0.39, 0.29) is 53.6 Å². The van der Waals surface area contributed by atoms with Gasteiger partial charge in [-0.25, -0.2) is 8.42 Å². The molecule has 1 atom stereocenters. The van der Waals surface area contributed by atoms with E-state index in [2.05, 4.69) is 0 Å². The molecule has 2 aliphatic rings. The number of hydrogen-bond acceptors (Lipinski definition) is 5. The van der Waals surface area contributed by atoms with Crippen LogP contribution in [0.15, 0.2) is 47.4 Å². The van der Waals surface area contributed by atoms with E-state index >= 15 is 0 Å². The fourth-order valence-electron chi connectivity index (χ4n) is 3.32. The minimum Gasteiger partial charge on any atom is -0.485 e. The molecule has 0 bridgehead atoms. The van der Waals surface area contributed by atoms with E-state index in [4.69, 9.17) is 32.7 Å². The maximum atomic E-state index is 12.9. The first-order valence-electron chi connectivity index (χ1n) is 8.98. The second-order valence-corrected chi connectivity index (χ2v) is 9.51. The van der Waals surface area contributed by atoms with Gasteiger partial charge in [-0.05, 0) is 30.3 Å². The third-order valence-electron chi connectivity index (χ3n) is 4.81. The Balaban J connectivity index is 1.41. The molecule has 0 N–H and O–H groups in total. The number of benzene rings is 2. The van der Waals surface area contributed by atoms with Gasteiger partial charge in [0.1, 0.15) is 6.61 Å². The van der Waals surface area contributed by atoms with Crippen LogP contribution in [0.3, 0.4) is 0 Å². The van der Waals surface area contributed by atoms with Crippen LogP contribution in [0.25, 0.3) is 0 Å². The minimum absolute atomic E-state index is 0.0374. The van der Waals surface area contributed by atoms with Crippen molar-refractivity contribution in [2.75, 3.05) is 32.8 Å². The average Bonchev–Trinajstić information content (AvgIpc) is 2.72. The molecule has 0 unspecified atom stereocenters.